The summed E-state index contributed by atoms with van der Waals surface area (Å²) < 4.78 is 6.30. The van der Waals surface area contributed by atoms with Gasteiger partial charge in [-0.2, -0.15) is 0 Å². The van der Waals surface area contributed by atoms with Crippen LogP contribution in [0, 0.1) is 0 Å². The molecule has 114 valence electrons. The van der Waals surface area contributed by atoms with Gasteiger partial charge in [-0.25, -0.2) is 9.97 Å². The van der Waals surface area contributed by atoms with E-state index in [1.54, 1.807) is 12.4 Å². The van der Waals surface area contributed by atoms with Crippen LogP contribution in [0.25, 0.3) is 22.7 Å². The van der Waals surface area contributed by atoms with Gasteiger partial charge in [0, 0.05) is 23.0 Å². The molecule has 5 nitrogen and oxygen atoms in total. The fraction of sp³-hybridized carbons (Fsp3) is 0.0625. The van der Waals surface area contributed by atoms with Crippen molar-refractivity contribution in [2.24, 2.45) is 0 Å². The first kappa shape index (κ1) is 14.2. The lowest BCUT2D eigenvalue weighted by atomic mass is 10.3. The van der Waals surface area contributed by atoms with Gasteiger partial charge in [-0.3, -0.25) is 4.98 Å². The van der Waals surface area contributed by atoms with E-state index in [-0.39, 0.29) is 0 Å². The molecule has 7 heteroatoms. The van der Waals surface area contributed by atoms with Crippen LogP contribution in [0.2, 0.25) is 4.47 Å². The van der Waals surface area contributed by atoms with Crippen LogP contribution in [0.3, 0.4) is 0 Å². The Morgan fingerprint density at radius 1 is 1.17 bits per heavy atom. The lowest BCUT2D eigenvalue weighted by Gasteiger charge is -2.03. The average Bonchev–Trinajstić information content (AvgIpc) is 3.19. The van der Waals surface area contributed by atoms with Gasteiger partial charge in [0.25, 0.3) is 0 Å². The van der Waals surface area contributed by atoms with Crippen molar-refractivity contribution < 1.29 is 4.42 Å². The van der Waals surface area contributed by atoms with E-state index in [1.165, 1.54) is 11.3 Å². The van der Waals surface area contributed by atoms with Crippen LogP contribution >= 0.6 is 22.9 Å². The summed E-state index contributed by atoms with van der Waals surface area (Å²) in [5, 5.41) is 3.33. The van der Waals surface area contributed by atoms with Crippen LogP contribution in [-0.2, 0) is 6.54 Å². The van der Waals surface area contributed by atoms with E-state index in [4.69, 9.17) is 16.0 Å². The summed E-state index contributed by atoms with van der Waals surface area (Å²) in [6, 6.07) is 11.4. The van der Waals surface area contributed by atoms with Crippen molar-refractivity contribution in [2.75, 3.05) is 5.32 Å². The number of halogens is 1. The SMILES string of the molecule is Clc1ncc(CNc2ccc3oc(-c4ccccn4)nc3c2)s1. The predicted octanol–water partition coefficient (Wildman–Crippen LogP) is 4.61. The van der Waals surface area contributed by atoms with Gasteiger partial charge < -0.3 is 9.73 Å². The Labute approximate surface area is 141 Å². The number of anilines is 1. The maximum atomic E-state index is 5.83. The third-order valence-corrected chi connectivity index (χ3v) is 4.38. The highest BCUT2D eigenvalue weighted by Crippen LogP contribution is 2.25. The number of rotatable bonds is 4. The first-order chi connectivity index (χ1) is 11.3. The number of pyridine rings is 1. The molecule has 0 radical (unpaired) electrons. The highest BCUT2D eigenvalue weighted by molar-refractivity contribution is 7.15. The second-order valence-corrected chi connectivity index (χ2v) is 6.55. The number of aromatic nitrogens is 3. The quantitative estimate of drug-likeness (QED) is 0.586. The predicted molar refractivity (Wildman–Crippen MR) is 91.7 cm³/mol. The van der Waals surface area contributed by atoms with E-state index >= 15 is 0 Å². The molecule has 23 heavy (non-hydrogen) atoms. The standard InChI is InChI=1S/C16H11ClN4OS/c17-16-20-9-11(23-16)8-19-10-4-5-14-13(7-10)21-15(22-14)12-3-1-2-6-18-12/h1-7,9,19H,8H2. The van der Waals surface area contributed by atoms with E-state index in [2.05, 4.69) is 20.3 Å². The molecule has 0 saturated heterocycles. The Hall–Kier alpha value is -2.44. The van der Waals surface area contributed by atoms with Crippen LogP contribution in [0.15, 0.2) is 53.2 Å². The zero-order valence-electron chi connectivity index (χ0n) is 11.9. The molecular formula is C16H11ClN4OS. The first-order valence-corrected chi connectivity index (χ1v) is 8.13. The molecular weight excluding hydrogens is 332 g/mol. The number of hydrogen-bond acceptors (Lipinski definition) is 6. The number of oxazole rings is 1. The zero-order chi connectivity index (χ0) is 15.6. The summed E-state index contributed by atoms with van der Waals surface area (Å²) in [7, 11) is 0. The molecule has 3 aromatic heterocycles. The molecule has 4 aromatic rings. The second-order valence-electron chi connectivity index (χ2n) is 4.85. The van der Waals surface area contributed by atoms with Gasteiger partial charge in [-0.05, 0) is 30.3 Å². The lowest BCUT2D eigenvalue weighted by molar-refractivity contribution is 0.617. The molecule has 1 N–H and O–H groups in total. The normalized spacial score (nSPS) is 11.0. The van der Waals surface area contributed by atoms with Crippen molar-refractivity contribution in [3.8, 4) is 11.6 Å². The highest BCUT2D eigenvalue weighted by atomic mass is 35.5. The van der Waals surface area contributed by atoms with Crippen LogP contribution < -0.4 is 5.32 Å². The van der Waals surface area contributed by atoms with E-state index in [9.17, 15) is 0 Å². The Kier molecular flexibility index (Phi) is 3.69. The fourth-order valence-corrected chi connectivity index (χ4v) is 3.11. The number of nitrogens with one attached hydrogen (secondary N) is 1. The maximum absolute atomic E-state index is 5.83. The molecule has 0 aliphatic carbocycles. The summed E-state index contributed by atoms with van der Waals surface area (Å²) in [6.45, 7) is 0.668. The molecule has 0 spiro atoms. The summed E-state index contributed by atoms with van der Waals surface area (Å²) >= 11 is 7.29. The van der Waals surface area contributed by atoms with E-state index < -0.39 is 0 Å². The van der Waals surface area contributed by atoms with Gasteiger partial charge in [-0.1, -0.05) is 17.7 Å². The molecule has 0 amide bonds. The third-order valence-electron chi connectivity index (χ3n) is 3.26. The minimum absolute atomic E-state index is 0.520. The molecule has 0 saturated carbocycles. The van der Waals surface area contributed by atoms with Gasteiger partial charge in [0.15, 0.2) is 10.0 Å². The van der Waals surface area contributed by atoms with Crippen LogP contribution in [0.5, 0.6) is 0 Å². The van der Waals surface area contributed by atoms with Crippen molar-refractivity contribution in [1.29, 1.82) is 0 Å². The van der Waals surface area contributed by atoms with E-state index in [0.29, 0.717) is 16.9 Å². The first-order valence-electron chi connectivity index (χ1n) is 6.94. The third kappa shape index (κ3) is 3.04. The van der Waals surface area contributed by atoms with Crippen molar-refractivity contribution >= 4 is 39.7 Å². The van der Waals surface area contributed by atoms with Gasteiger partial charge in [-0.15, -0.1) is 11.3 Å². The average molecular weight is 343 g/mol. The summed E-state index contributed by atoms with van der Waals surface area (Å²) in [5.41, 5.74) is 3.20. The number of nitrogens with zero attached hydrogens (tertiary/aromatic N) is 3. The molecule has 3 heterocycles. The number of hydrogen-bond donors (Lipinski definition) is 1. The van der Waals surface area contributed by atoms with E-state index in [1.807, 2.05) is 36.4 Å². The van der Waals surface area contributed by atoms with Crippen LogP contribution in [-0.4, -0.2) is 15.0 Å². The Morgan fingerprint density at radius 2 is 2.13 bits per heavy atom. The smallest absolute Gasteiger partial charge is 0.246 e. The molecule has 1 aromatic carbocycles. The minimum Gasteiger partial charge on any atom is -0.435 e. The van der Waals surface area contributed by atoms with Crippen molar-refractivity contribution in [3.05, 3.63) is 58.1 Å². The largest absolute Gasteiger partial charge is 0.435 e. The van der Waals surface area contributed by atoms with Crippen molar-refractivity contribution in [3.63, 3.8) is 0 Å². The minimum atomic E-state index is 0.520. The zero-order valence-corrected chi connectivity index (χ0v) is 13.4. The fourth-order valence-electron chi connectivity index (χ4n) is 2.19. The highest BCUT2D eigenvalue weighted by Gasteiger charge is 2.09. The van der Waals surface area contributed by atoms with Gasteiger partial charge in [0.1, 0.15) is 11.2 Å². The number of thiazole rings is 1. The van der Waals surface area contributed by atoms with Crippen molar-refractivity contribution in [2.45, 2.75) is 6.54 Å². The molecule has 0 bridgehead atoms. The van der Waals surface area contributed by atoms with Gasteiger partial charge >= 0.3 is 0 Å². The van der Waals surface area contributed by atoms with Crippen LogP contribution in [0.4, 0.5) is 5.69 Å². The van der Waals surface area contributed by atoms with E-state index in [0.717, 1.165) is 27.4 Å². The maximum Gasteiger partial charge on any atom is 0.246 e. The Morgan fingerprint density at radius 3 is 2.91 bits per heavy atom. The summed E-state index contributed by atoms with van der Waals surface area (Å²) in [5.74, 6) is 0.520. The molecule has 0 aliphatic rings. The Bertz CT molecular complexity index is 951. The molecule has 4 rings (SSSR count). The topological polar surface area (TPSA) is 63.8 Å². The monoisotopic (exact) mass is 342 g/mol. The molecule has 0 fully saturated rings. The molecule has 0 unspecified atom stereocenters. The number of fused-ring (bicyclic) bond motifs is 1. The number of benzene rings is 1. The lowest BCUT2D eigenvalue weighted by Crippen LogP contribution is -1.96. The van der Waals surface area contributed by atoms with Crippen molar-refractivity contribution in [1.82, 2.24) is 15.0 Å². The summed E-state index contributed by atoms with van der Waals surface area (Å²) in [4.78, 5) is 13.9. The van der Waals surface area contributed by atoms with Gasteiger partial charge in [0.2, 0.25) is 5.89 Å². The second kappa shape index (κ2) is 5.98. The molecule has 0 atom stereocenters. The molecule has 0 aliphatic heterocycles. The summed E-state index contributed by atoms with van der Waals surface area (Å²) in [6.07, 6.45) is 3.49. The Balaban J connectivity index is 1.58. The van der Waals surface area contributed by atoms with Gasteiger partial charge in [0.05, 0.1) is 6.54 Å². The van der Waals surface area contributed by atoms with Crippen LogP contribution in [0.1, 0.15) is 4.88 Å².